The molecule has 2 heterocycles. The van der Waals surface area contributed by atoms with Crippen LogP contribution in [0.4, 0.5) is 11.6 Å². The molecule has 1 aliphatic rings. The molecule has 8 heteroatoms. The van der Waals surface area contributed by atoms with Crippen LogP contribution in [0.2, 0.25) is 0 Å². The second kappa shape index (κ2) is 9.98. The number of rotatable bonds is 6. The van der Waals surface area contributed by atoms with Crippen molar-refractivity contribution in [3.05, 3.63) is 108 Å². The molecule has 1 unspecified atom stereocenters. The van der Waals surface area contributed by atoms with Gasteiger partial charge in [-0.05, 0) is 35.9 Å². The number of para-hydroxylation sites is 2. The van der Waals surface area contributed by atoms with E-state index in [1.165, 1.54) is 0 Å². The number of aromatic nitrogens is 3. The fourth-order valence-electron chi connectivity index (χ4n) is 5.11. The molecule has 0 saturated heterocycles. The Bertz CT molecular complexity index is 1720. The number of hydrogen-bond acceptors (Lipinski definition) is 6. The topological polar surface area (TPSA) is 90.3 Å². The fourth-order valence-corrected chi connectivity index (χ4v) is 5.11. The minimum Gasteiger partial charge on any atom is -0.493 e. The van der Waals surface area contributed by atoms with Crippen LogP contribution in [0.15, 0.2) is 102 Å². The van der Waals surface area contributed by atoms with E-state index < -0.39 is 6.04 Å². The van der Waals surface area contributed by atoms with Gasteiger partial charge in [-0.15, -0.1) is 5.10 Å². The Labute approximate surface area is 225 Å². The van der Waals surface area contributed by atoms with Crippen LogP contribution in [0, 0.1) is 0 Å². The molecule has 5 aromatic rings. The maximum atomic E-state index is 13.8. The van der Waals surface area contributed by atoms with Gasteiger partial charge in [0.2, 0.25) is 5.95 Å². The predicted molar refractivity (Wildman–Crippen MR) is 152 cm³/mol. The summed E-state index contributed by atoms with van der Waals surface area (Å²) >= 11 is 0. The van der Waals surface area contributed by atoms with Crippen LogP contribution in [0.25, 0.3) is 22.2 Å². The molecule has 0 saturated carbocycles. The summed E-state index contributed by atoms with van der Waals surface area (Å²) in [6.07, 6.45) is 0. The van der Waals surface area contributed by atoms with Gasteiger partial charge in [0.05, 0.1) is 19.8 Å². The molecule has 0 fully saturated rings. The van der Waals surface area contributed by atoms with Crippen molar-refractivity contribution in [1.82, 2.24) is 14.8 Å². The van der Waals surface area contributed by atoms with Gasteiger partial charge in [-0.3, -0.25) is 4.79 Å². The average Bonchev–Trinajstić information content (AvgIpc) is 3.39. The Morgan fingerprint density at radius 1 is 0.897 bits per heavy atom. The molecule has 39 heavy (non-hydrogen) atoms. The molecule has 194 valence electrons. The van der Waals surface area contributed by atoms with E-state index in [9.17, 15) is 4.79 Å². The summed E-state index contributed by atoms with van der Waals surface area (Å²) in [5.74, 6) is 1.91. The Morgan fingerprint density at radius 2 is 1.64 bits per heavy atom. The largest absolute Gasteiger partial charge is 0.493 e. The van der Waals surface area contributed by atoms with Crippen molar-refractivity contribution >= 4 is 28.3 Å². The van der Waals surface area contributed by atoms with Gasteiger partial charge in [-0.25, -0.2) is 4.68 Å². The molecule has 1 aliphatic heterocycles. The monoisotopic (exact) mass is 517 g/mol. The number of ether oxygens (including phenoxy) is 2. The van der Waals surface area contributed by atoms with E-state index in [1.807, 2.05) is 79.7 Å². The van der Waals surface area contributed by atoms with Gasteiger partial charge in [0.1, 0.15) is 6.04 Å². The van der Waals surface area contributed by atoms with Gasteiger partial charge in [-0.2, -0.15) is 4.98 Å². The molecular weight excluding hydrogens is 490 g/mol. The third-order valence-corrected chi connectivity index (χ3v) is 6.89. The van der Waals surface area contributed by atoms with Crippen molar-refractivity contribution in [2.24, 2.45) is 0 Å². The zero-order chi connectivity index (χ0) is 26.9. The Morgan fingerprint density at radius 3 is 2.44 bits per heavy atom. The Hall–Kier alpha value is -5.11. The number of allylic oxidation sites excluding steroid dienone is 1. The number of hydrogen-bond donors (Lipinski definition) is 2. The molecule has 2 N–H and O–H groups in total. The lowest BCUT2D eigenvalue weighted by Crippen LogP contribution is -2.31. The van der Waals surface area contributed by atoms with Gasteiger partial charge in [0.25, 0.3) is 5.91 Å². The molecule has 0 bridgehead atoms. The zero-order valence-electron chi connectivity index (χ0n) is 21.8. The number of nitrogens with one attached hydrogen (secondary N) is 2. The molecule has 8 nitrogen and oxygen atoms in total. The van der Waals surface area contributed by atoms with E-state index >= 15 is 0 Å². The van der Waals surface area contributed by atoms with Crippen LogP contribution in [0.5, 0.6) is 11.5 Å². The Kier molecular flexibility index (Phi) is 6.20. The minimum atomic E-state index is -0.633. The molecular formula is C31H27N5O3. The van der Waals surface area contributed by atoms with Crippen molar-refractivity contribution in [1.29, 1.82) is 0 Å². The van der Waals surface area contributed by atoms with E-state index in [0.717, 1.165) is 21.9 Å². The quantitative estimate of drug-likeness (QED) is 0.285. The normalized spacial score (nSPS) is 14.5. The van der Waals surface area contributed by atoms with Gasteiger partial charge >= 0.3 is 0 Å². The lowest BCUT2D eigenvalue weighted by molar-refractivity contribution is -0.113. The first kappa shape index (κ1) is 24.2. The zero-order valence-corrected chi connectivity index (χ0v) is 21.8. The summed E-state index contributed by atoms with van der Waals surface area (Å²) in [5.41, 5.74) is 3.49. The first-order valence-corrected chi connectivity index (χ1v) is 12.6. The van der Waals surface area contributed by atoms with Crippen LogP contribution >= 0.6 is 0 Å². The number of nitrogens with zero attached hydrogens (tertiary/aromatic N) is 3. The van der Waals surface area contributed by atoms with E-state index in [2.05, 4.69) is 28.8 Å². The van der Waals surface area contributed by atoms with Gasteiger partial charge in [0.15, 0.2) is 17.3 Å². The highest BCUT2D eigenvalue weighted by Crippen LogP contribution is 2.43. The third-order valence-electron chi connectivity index (χ3n) is 6.89. The van der Waals surface area contributed by atoms with E-state index in [1.54, 1.807) is 18.9 Å². The van der Waals surface area contributed by atoms with Crippen LogP contribution in [-0.4, -0.2) is 34.9 Å². The number of carbonyl (C=O) groups is 1. The molecule has 0 spiro atoms. The molecule has 0 aliphatic carbocycles. The lowest BCUT2D eigenvalue weighted by Gasteiger charge is -2.30. The number of anilines is 2. The molecule has 1 aromatic heterocycles. The average molecular weight is 518 g/mol. The first-order chi connectivity index (χ1) is 19.1. The molecule has 4 aromatic carbocycles. The summed E-state index contributed by atoms with van der Waals surface area (Å²) in [7, 11) is 3.18. The number of amides is 1. The summed E-state index contributed by atoms with van der Waals surface area (Å²) in [5, 5.41) is 13.5. The van der Waals surface area contributed by atoms with Crippen molar-refractivity contribution in [3.63, 3.8) is 0 Å². The van der Waals surface area contributed by atoms with Crippen LogP contribution < -0.4 is 20.1 Å². The summed E-state index contributed by atoms with van der Waals surface area (Å²) < 4.78 is 13.2. The smallest absolute Gasteiger partial charge is 0.255 e. The highest BCUT2D eigenvalue weighted by atomic mass is 16.5. The first-order valence-electron chi connectivity index (χ1n) is 12.6. The lowest BCUT2D eigenvalue weighted by atomic mass is 9.94. The fraction of sp³-hybridized carbons (Fsp3) is 0.129. The van der Waals surface area contributed by atoms with Gasteiger partial charge in [0, 0.05) is 22.5 Å². The maximum absolute atomic E-state index is 13.8. The highest BCUT2D eigenvalue weighted by molar-refractivity contribution is 6.06. The minimum absolute atomic E-state index is 0.256. The SMILES string of the molecule is COc1cccc(C2C(C(=O)Nc3ccccc3)=C(C)Nc3nc(-c4cccc5ccccc45)nn32)c1OC. The number of carbonyl (C=O) groups excluding carboxylic acids is 1. The number of methoxy groups -OCH3 is 2. The Balaban J connectivity index is 1.53. The van der Waals surface area contributed by atoms with Crippen molar-refractivity contribution < 1.29 is 14.3 Å². The van der Waals surface area contributed by atoms with Crippen molar-refractivity contribution in [2.75, 3.05) is 24.9 Å². The van der Waals surface area contributed by atoms with Crippen LogP contribution in [-0.2, 0) is 4.79 Å². The van der Waals surface area contributed by atoms with Gasteiger partial charge < -0.3 is 20.1 Å². The van der Waals surface area contributed by atoms with Crippen LogP contribution in [0.1, 0.15) is 18.5 Å². The number of benzene rings is 4. The molecule has 1 amide bonds. The van der Waals surface area contributed by atoms with Crippen molar-refractivity contribution in [3.8, 4) is 22.9 Å². The van der Waals surface area contributed by atoms with Crippen molar-refractivity contribution in [2.45, 2.75) is 13.0 Å². The summed E-state index contributed by atoms with van der Waals surface area (Å²) in [6, 6.07) is 28.6. The summed E-state index contributed by atoms with van der Waals surface area (Å²) in [6.45, 7) is 1.87. The second-order valence-corrected chi connectivity index (χ2v) is 9.20. The van der Waals surface area contributed by atoms with E-state index in [0.29, 0.717) is 40.2 Å². The second-order valence-electron chi connectivity index (χ2n) is 9.20. The maximum Gasteiger partial charge on any atom is 0.255 e. The van der Waals surface area contributed by atoms with Gasteiger partial charge in [-0.1, -0.05) is 72.8 Å². The van der Waals surface area contributed by atoms with E-state index in [4.69, 9.17) is 19.6 Å². The third kappa shape index (κ3) is 4.25. The molecule has 0 radical (unpaired) electrons. The number of fused-ring (bicyclic) bond motifs is 2. The highest BCUT2D eigenvalue weighted by Gasteiger charge is 2.37. The van der Waals surface area contributed by atoms with E-state index in [-0.39, 0.29) is 5.91 Å². The summed E-state index contributed by atoms with van der Waals surface area (Å²) in [4.78, 5) is 18.7. The predicted octanol–water partition coefficient (Wildman–Crippen LogP) is 6.04. The standard InChI is InChI=1S/C31H27N5O3/c1-19-26(30(37)33-21-13-5-4-6-14-21)27(24-17-10-18-25(38-2)28(24)39-3)36-31(32-19)34-29(35-36)23-16-9-12-20-11-7-8-15-22(20)23/h4-18,27H,1-3H3,(H,33,37)(H,32,34,35). The molecule has 1 atom stereocenters. The molecule has 6 rings (SSSR count). The van der Waals surface area contributed by atoms with Crippen LogP contribution in [0.3, 0.4) is 0 Å².